The van der Waals surface area contributed by atoms with Gasteiger partial charge in [0.05, 0.1) is 11.6 Å². The van der Waals surface area contributed by atoms with E-state index < -0.39 is 11.6 Å². The van der Waals surface area contributed by atoms with Gasteiger partial charge in [-0.2, -0.15) is 0 Å². The molecule has 2 aromatic rings. The number of furan rings is 1. The van der Waals surface area contributed by atoms with Crippen LogP contribution in [-0.4, -0.2) is 0 Å². The lowest BCUT2D eigenvalue weighted by Crippen LogP contribution is -2.02. The van der Waals surface area contributed by atoms with E-state index in [1.54, 1.807) is 19.1 Å². The molecule has 16 heavy (non-hydrogen) atoms. The van der Waals surface area contributed by atoms with Crippen LogP contribution in [0.1, 0.15) is 18.7 Å². The van der Waals surface area contributed by atoms with E-state index in [2.05, 4.69) is 0 Å². The van der Waals surface area contributed by atoms with Crippen LogP contribution in [0.5, 0.6) is 0 Å². The Morgan fingerprint density at radius 2 is 1.94 bits per heavy atom. The Balaban J connectivity index is 2.42. The zero-order chi connectivity index (χ0) is 11.7. The maximum atomic E-state index is 13.4. The number of hydrogen-bond donors (Lipinski definition) is 1. The third-order valence-corrected chi connectivity index (χ3v) is 2.27. The van der Waals surface area contributed by atoms with Crippen LogP contribution in [0, 0.1) is 11.6 Å². The van der Waals surface area contributed by atoms with Crippen molar-refractivity contribution in [3.05, 3.63) is 47.7 Å². The molecule has 1 heterocycles. The van der Waals surface area contributed by atoms with Gasteiger partial charge in [-0.1, -0.05) is 0 Å². The van der Waals surface area contributed by atoms with E-state index in [1.165, 1.54) is 12.1 Å². The van der Waals surface area contributed by atoms with Crippen molar-refractivity contribution in [1.29, 1.82) is 0 Å². The second kappa shape index (κ2) is 4.06. The summed E-state index contributed by atoms with van der Waals surface area (Å²) in [4.78, 5) is 0. The molecule has 84 valence electrons. The molecule has 4 heteroatoms. The zero-order valence-corrected chi connectivity index (χ0v) is 8.71. The van der Waals surface area contributed by atoms with Crippen LogP contribution >= 0.6 is 0 Å². The molecule has 0 aliphatic carbocycles. The van der Waals surface area contributed by atoms with Gasteiger partial charge in [0, 0.05) is 6.07 Å². The fourth-order valence-corrected chi connectivity index (χ4v) is 1.43. The first-order chi connectivity index (χ1) is 7.58. The Bertz CT molecular complexity index is 505. The summed E-state index contributed by atoms with van der Waals surface area (Å²) in [7, 11) is 0. The van der Waals surface area contributed by atoms with Gasteiger partial charge in [-0.3, -0.25) is 0 Å². The Morgan fingerprint density at radius 1 is 1.19 bits per heavy atom. The minimum Gasteiger partial charge on any atom is -0.459 e. The van der Waals surface area contributed by atoms with E-state index in [-0.39, 0.29) is 11.6 Å². The summed E-state index contributed by atoms with van der Waals surface area (Å²) in [5, 5.41) is 0. The molecule has 0 aliphatic heterocycles. The van der Waals surface area contributed by atoms with Gasteiger partial charge in [-0.05, 0) is 31.2 Å². The van der Waals surface area contributed by atoms with Crippen molar-refractivity contribution < 1.29 is 13.2 Å². The summed E-state index contributed by atoms with van der Waals surface area (Å²) >= 11 is 0. The van der Waals surface area contributed by atoms with Crippen LogP contribution in [-0.2, 0) is 0 Å². The molecular weight excluding hydrogens is 212 g/mol. The molecule has 0 fully saturated rings. The summed E-state index contributed by atoms with van der Waals surface area (Å²) in [5.41, 5.74) is 5.85. The predicted molar refractivity (Wildman–Crippen MR) is 56.7 cm³/mol. The summed E-state index contributed by atoms with van der Waals surface area (Å²) in [5.74, 6) is -0.339. The molecule has 1 aromatic carbocycles. The minimum absolute atomic E-state index is 0.230. The Hall–Kier alpha value is -1.68. The molecule has 0 saturated heterocycles. The molecule has 2 rings (SSSR count). The van der Waals surface area contributed by atoms with Gasteiger partial charge in [-0.15, -0.1) is 0 Å². The van der Waals surface area contributed by atoms with Crippen molar-refractivity contribution in [2.45, 2.75) is 13.0 Å². The van der Waals surface area contributed by atoms with Crippen LogP contribution in [0.3, 0.4) is 0 Å². The summed E-state index contributed by atoms with van der Waals surface area (Å²) in [6, 6.07) is 6.40. The second-order valence-corrected chi connectivity index (χ2v) is 3.61. The summed E-state index contributed by atoms with van der Waals surface area (Å²) in [6.45, 7) is 1.77. The highest BCUT2D eigenvalue weighted by molar-refractivity contribution is 5.58. The molecule has 0 spiro atoms. The molecule has 2 N–H and O–H groups in total. The largest absolute Gasteiger partial charge is 0.459 e. The van der Waals surface area contributed by atoms with Gasteiger partial charge >= 0.3 is 0 Å². The normalized spacial score (nSPS) is 12.8. The van der Waals surface area contributed by atoms with Gasteiger partial charge in [0.15, 0.2) is 0 Å². The van der Waals surface area contributed by atoms with Crippen molar-refractivity contribution in [2.75, 3.05) is 0 Å². The maximum Gasteiger partial charge on any atom is 0.137 e. The molecule has 0 radical (unpaired) electrons. The van der Waals surface area contributed by atoms with Gasteiger partial charge in [0.1, 0.15) is 23.2 Å². The highest BCUT2D eigenvalue weighted by Gasteiger charge is 2.12. The standard InChI is InChI=1S/C12H11F2NO/c1-7(15)11-4-5-12(16-11)9-3-2-8(13)6-10(9)14/h2-7H,15H2,1H3. The van der Waals surface area contributed by atoms with E-state index in [4.69, 9.17) is 10.2 Å². The monoisotopic (exact) mass is 223 g/mol. The van der Waals surface area contributed by atoms with Crippen molar-refractivity contribution in [2.24, 2.45) is 5.73 Å². The predicted octanol–water partition coefficient (Wildman–Crippen LogP) is 3.24. The fraction of sp³-hybridized carbons (Fsp3) is 0.167. The Labute approximate surface area is 91.7 Å². The number of halogens is 2. The van der Waals surface area contributed by atoms with E-state index in [1.807, 2.05) is 0 Å². The van der Waals surface area contributed by atoms with Crippen LogP contribution < -0.4 is 5.73 Å². The number of rotatable bonds is 2. The molecule has 1 atom stereocenters. The summed E-state index contributed by atoms with van der Waals surface area (Å²) in [6.07, 6.45) is 0. The van der Waals surface area contributed by atoms with E-state index in [0.29, 0.717) is 11.5 Å². The second-order valence-electron chi connectivity index (χ2n) is 3.61. The quantitative estimate of drug-likeness (QED) is 0.848. The van der Waals surface area contributed by atoms with Crippen LogP contribution in [0.4, 0.5) is 8.78 Å². The fourth-order valence-electron chi connectivity index (χ4n) is 1.43. The molecule has 2 nitrogen and oxygen atoms in total. The smallest absolute Gasteiger partial charge is 0.137 e. The molecule has 1 aromatic heterocycles. The average Bonchev–Trinajstić information content (AvgIpc) is 2.66. The van der Waals surface area contributed by atoms with Gasteiger partial charge in [0.25, 0.3) is 0 Å². The van der Waals surface area contributed by atoms with E-state index in [0.717, 1.165) is 6.07 Å². The highest BCUT2D eigenvalue weighted by atomic mass is 19.1. The number of benzene rings is 1. The third-order valence-electron chi connectivity index (χ3n) is 2.27. The van der Waals surface area contributed by atoms with E-state index in [9.17, 15) is 8.78 Å². The average molecular weight is 223 g/mol. The van der Waals surface area contributed by atoms with Gasteiger partial charge in [-0.25, -0.2) is 8.78 Å². The van der Waals surface area contributed by atoms with Crippen LogP contribution in [0.2, 0.25) is 0 Å². The first-order valence-corrected chi connectivity index (χ1v) is 4.88. The lowest BCUT2D eigenvalue weighted by molar-refractivity contribution is 0.487. The Morgan fingerprint density at radius 3 is 2.50 bits per heavy atom. The maximum absolute atomic E-state index is 13.4. The molecular formula is C12H11F2NO. The lowest BCUT2D eigenvalue weighted by Gasteiger charge is -2.01. The van der Waals surface area contributed by atoms with Crippen LogP contribution in [0.25, 0.3) is 11.3 Å². The highest BCUT2D eigenvalue weighted by Crippen LogP contribution is 2.27. The third kappa shape index (κ3) is 1.97. The lowest BCUT2D eigenvalue weighted by atomic mass is 10.1. The molecule has 0 aliphatic rings. The topological polar surface area (TPSA) is 39.2 Å². The van der Waals surface area contributed by atoms with Crippen molar-refractivity contribution in [1.82, 2.24) is 0 Å². The van der Waals surface area contributed by atoms with Crippen molar-refractivity contribution in [3.8, 4) is 11.3 Å². The SMILES string of the molecule is CC(N)c1ccc(-c2ccc(F)cc2F)o1. The molecule has 1 unspecified atom stereocenters. The minimum atomic E-state index is -0.648. The summed E-state index contributed by atoms with van der Waals surface area (Å²) < 4.78 is 31.5. The molecule has 0 amide bonds. The van der Waals surface area contributed by atoms with Crippen LogP contribution in [0.15, 0.2) is 34.7 Å². The molecule has 0 bridgehead atoms. The first kappa shape index (κ1) is 10.8. The van der Waals surface area contributed by atoms with Crippen molar-refractivity contribution in [3.63, 3.8) is 0 Å². The number of nitrogens with two attached hydrogens (primary N) is 1. The van der Waals surface area contributed by atoms with Gasteiger partial charge < -0.3 is 10.2 Å². The van der Waals surface area contributed by atoms with E-state index >= 15 is 0 Å². The van der Waals surface area contributed by atoms with Gasteiger partial charge in [0.2, 0.25) is 0 Å². The van der Waals surface area contributed by atoms with Crippen molar-refractivity contribution >= 4 is 0 Å². The number of hydrogen-bond acceptors (Lipinski definition) is 2. The Kier molecular flexibility index (Phi) is 2.75. The molecule has 0 saturated carbocycles. The zero-order valence-electron chi connectivity index (χ0n) is 8.71. The first-order valence-electron chi connectivity index (χ1n) is 4.88.